The third kappa shape index (κ3) is 5.35. The average Bonchev–Trinajstić information content (AvgIpc) is 2.50. The van der Waals surface area contributed by atoms with Crippen molar-refractivity contribution < 1.29 is 4.21 Å². The van der Waals surface area contributed by atoms with Crippen LogP contribution in [0.3, 0.4) is 0 Å². The summed E-state index contributed by atoms with van der Waals surface area (Å²) in [6, 6.07) is 11.3. The number of piperidine rings is 1. The predicted molar refractivity (Wildman–Crippen MR) is 86.3 cm³/mol. The number of hydrogen-bond donors (Lipinski definition) is 1. The molecule has 1 fully saturated rings. The minimum atomic E-state index is -0.638. The van der Waals surface area contributed by atoms with Crippen LogP contribution < -0.4 is 5.32 Å². The standard InChI is InChI=1S/C16H26N2OS/c1-2-20(19)13-10-17-16-8-11-18(12-9-16)14-15-6-4-3-5-7-15/h3-7,16-17H,2,8-14H2,1H3. The van der Waals surface area contributed by atoms with Gasteiger partial charge in [-0.2, -0.15) is 0 Å². The Hall–Kier alpha value is -0.710. The molecule has 2 rings (SSSR count). The zero-order valence-corrected chi connectivity index (χ0v) is 13.2. The Kier molecular flexibility index (Phi) is 6.70. The third-order valence-electron chi connectivity index (χ3n) is 3.92. The summed E-state index contributed by atoms with van der Waals surface area (Å²) >= 11 is 0. The lowest BCUT2D eigenvalue weighted by Gasteiger charge is -2.32. The molecule has 1 saturated heterocycles. The molecule has 3 nitrogen and oxygen atoms in total. The topological polar surface area (TPSA) is 32.3 Å². The van der Waals surface area contributed by atoms with Gasteiger partial charge in [0.05, 0.1) is 0 Å². The van der Waals surface area contributed by atoms with Crippen LogP contribution in [0, 0.1) is 0 Å². The van der Waals surface area contributed by atoms with Gasteiger partial charge < -0.3 is 5.32 Å². The Morgan fingerprint density at radius 3 is 2.60 bits per heavy atom. The van der Waals surface area contributed by atoms with Crippen LogP contribution in [0.1, 0.15) is 25.3 Å². The number of nitrogens with zero attached hydrogens (tertiary/aromatic N) is 1. The fraction of sp³-hybridized carbons (Fsp3) is 0.625. The zero-order valence-electron chi connectivity index (χ0n) is 12.4. The highest BCUT2D eigenvalue weighted by Crippen LogP contribution is 2.13. The van der Waals surface area contributed by atoms with E-state index in [1.807, 2.05) is 6.92 Å². The molecule has 1 N–H and O–H groups in total. The van der Waals surface area contributed by atoms with Crippen LogP contribution in [0.5, 0.6) is 0 Å². The molecular weight excluding hydrogens is 268 g/mol. The zero-order chi connectivity index (χ0) is 14.2. The Bertz CT molecular complexity index is 402. The second-order valence-electron chi connectivity index (χ2n) is 5.42. The van der Waals surface area contributed by atoms with Crippen LogP contribution in [-0.4, -0.2) is 46.3 Å². The number of hydrogen-bond acceptors (Lipinski definition) is 3. The SMILES string of the molecule is CCS(=O)CCNC1CCN(Cc2ccccc2)CC1. The fourth-order valence-corrected chi connectivity index (χ4v) is 3.29. The van der Waals surface area contributed by atoms with E-state index < -0.39 is 10.8 Å². The largest absolute Gasteiger partial charge is 0.313 e. The van der Waals surface area contributed by atoms with Crippen molar-refractivity contribution in [1.82, 2.24) is 10.2 Å². The highest BCUT2D eigenvalue weighted by atomic mass is 32.2. The van der Waals surface area contributed by atoms with Crippen LogP contribution >= 0.6 is 0 Å². The van der Waals surface area contributed by atoms with Crippen LogP contribution in [0.25, 0.3) is 0 Å². The van der Waals surface area contributed by atoms with Crippen LogP contribution in [0.2, 0.25) is 0 Å². The highest BCUT2D eigenvalue weighted by Gasteiger charge is 2.18. The van der Waals surface area contributed by atoms with Gasteiger partial charge in [0.15, 0.2) is 0 Å². The molecule has 1 aliphatic rings. The lowest BCUT2D eigenvalue weighted by atomic mass is 10.0. The second kappa shape index (κ2) is 8.55. The minimum Gasteiger partial charge on any atom is -0.313 e. The molecule has 1 atom stereocenters. The molecule has 112 valence electrons. The molecule has 1 aromatic carbocycles. The van der Waals surface area contributed by atoms with Crippen molar-refractivity contribution in [1.29, 1.82) is 0 Å². The molecular formula is C16H26N2OS. The Balaban J connectivity index is 1.64. The molecule has 4 heteroatoms. The van der Waals surface area contributed by atoms with Gasteiger partial charge >= 0.3 is 0 Å². The molecule has 0 amide bonds. The molecule has 1 aliphatic heterocycles. The first-order valence-electron chi connectivity index (χ1n) is 7.62. The molecule has 1 unspecified atom stereocenters. The van der Waals surface area contributed by atoms with E-state index in [0.717, 1.165) is 37.7 Å². The van der Waals surface area contributed by atoms with Gasteiger partial charge in [-0.1, -0.05) is 37.3 Å². The Morgan fingerprint density at radius 1 is 1.25 bits per heavy atom. The van der Waals surface area contributed by atoms with Gasteiger partial charge in [-0.15, -0.1) is 0 Å². The van der Waals surface area contributed by atoms with Crippen molar-refractivity contribution in [2.75, 3.05) is 31.1 Å². The maximum atomic E-state index is 11.4. The second-order valence-corrected chi connectivity index (χ2v) is 7.29. The fourth-order valence-electron chi connectivity index (χ4n) is 2.66. The maximum Gasteiger partial charge on any atom is 0.0360 e. The van der Waals surface area contributed by atoms with Crippen molar-refractivity contribution >= 4 is 10.8 Å². The summed E-state index contributed by atoms with van der Waals surface area (Å²) in [5.74, 6) is 1.57. The van der Waals surface area contributed by atoms with Gasteiger partial charge in [0.2, 0.25) is 0 Å². The number of likely N-dealkylation sites (tertiary alicyclic amines) is 1. The summed E-state index contributed by atoms with van der Waals surface area (Å²) in [5.41, 5.74) is 1.40. The van der Waals surface area contributed by atoms with E-state index in [-0.39, 0.29) is 0 Å². The molecule has 0 saturated carbocycles. The Morgan fingerprint density at radius 2 is 1.95 bits per heavy atom. The van der Waals surface area contributed by atoms with Crippen molar-refractivity contribution in [2.24, 2.45) is 0 Å². The first-order chi connectivity index (χ1) is 9.78. The first-order valence-corrected chi connectivity index (χ1v) is 9.11. The molecule has 20 heavy (non-hydrogen) atoms. The van der Waals surface area contributed by atoms with Gasteiger partial charge in [0.25, 0.3) is 0 Å². The summed E-state index contributed by atoms with van der Waals surface area (Å²) in [4.78, 5) is 2.53. The molecule has 0 aromatic heterocycles. The smallest absolute Gasteiger partial charge is 0.0360 e. The minimum absolute atomic E-state index is 0.607. The van der Waals surface area contributed by atoms with Gasteiger partial charge in [0, 0.05) is 41.4 Å². The van der Waals surface area contributed by atoms with Crippen molar-refractivity contribution in [3.8, 4) is 0 Å². The molecule has 0 spiro atoms. The van der Waals surface area contributed by atoms with E-state index in [0.29, 0.717) is 6.04 Å². The van der Waals surface area contributed by atoms with Gasteiger partial charge in [0.1, 0.15) is 0 Å². The lowest BCUT2D eigenvalue weighted by molar-refractivity contribution is 0.192. The summed E-state index contributed by atoms with van der Waals surface area (Å²) < 4.78 is 11.4. The summed E-state index contributed by atoms with van der Waals surface area (Å²) in [6.07, 6.45) is 2.40. The molecule has 1 aromatic rings. The number of nitrogens with one attached hydrogen (secondary N) is 1. The Labute approximate surface area is 125 Å². The predicted octanol–water partition coefficient (Wildman–Crippen LogP) is 2.01. The maximum absolute atomic E-state index is 11.4. The summed E-state index contributed by atoms with van der Waals surface area (Å²) in [5, 5.41) is 3.55. The third-order valence-corrected chi connectivity index (χ3v) is 5.22. The van der Waals surface area contributed by atoms with E-state index >= 15 is 0 Å². The van der Waals surface area contributed by atoms with Gasteiger partial charge in [-0.05, 0) is 31.5 Å². The molecule has 0 radical (unpaired) electrons. The van der Waals surface area contributed by atoms with Crippen molar-refractivity contribution in [2.45, 2.75) is 32.4 Å². The van der Waals surface area contributed by atoms with Gasteiger partial charge in [-0.25, -0.2) is 0 Å². The van der Waals surface area contributed by atoms with E-state index in [2.05, 4.69) is 40.5 Å². The lowest BCUT2D eigenvalue weighted by Crippen LogP contribution is -2.43. The molecule has 0 bridgehead atoms. The van der Waals surface area contributed by atoms with Crippen molar-refractivity contribution in [3.05, 3.63) is 35.9 Å². The summed E-state index contributed by atoms with van der Waals surface area (Å²) in [7, 11) is -0.638. The van der Waals surface area contributed by atoms with Gasteiger partial charge in [-0.3, -0.25) is 9.11 Å². The highest BCUT2D eigenvalue weighted by molar-refractivity contribution is 7.84. The van der Waals surface area contributed by atoms with E-state index in [4.69, 9.17) is 0 Å². The number of rotatable bonds is 7. The molecule has 0 aliphatic carbocycles. The van der Waals surface area contributed by atoms with E-state index in [1.165, 1.54) is 18.4 Å². The number of benzene rings is 1. The van der Waals surface area contributed by atoms with Crippen molar-refractivity contribution in [3.63, 3.8) is 0 Å². The van der Waals surface area contributed by atoms with Crippen LogP contribution in [-0.2, 0) is 17.3 Å². The normalized spacial score (nSPS) is 19.1. The summed E-state index contributed by atoms with van der Waals surface area (Å²) in [6.45, 7) is 6.25. The monoisotopic (exact) mass is 294 g/mol. The van der Waals surface area contributed by atoms with E-state index in [9.17, 15) is 4.21 Å². The first kappa shape index (κ1) is 15.7. The quantitative estimate of drug-likeness (QED) is 0.835. The van der Waals surface area contributed by atoms with Crippen LogP contribution in [0.15, 0.2) is 30.3 Å². The average molecular weight is 294 g/mol. The molecule has 1 heterocycles. The van der Waals surface area contributed by atoms with Crippen LogP contribution in [0.4, 0.5) is 0 Å². The van der Waals surface area contributed by atoms with E-state index in [1.54, 1.807) is 0 Å².